The van der Waals surface area contributed by atoms with Crippen LogP contribution < -0.4 is 0 Å². The molecule has 0 saturated carbocycles. The van der Waals surface area contributed by atoms with E-state index in [2.05, 4.69) is 67.1 Å². The van der Waals surface area contributed by atoms with Crippen LogP contribution in [0.5, 0.6) is 0 Å². The van der Waals surface area contributed by atoms with Crippen LogP contribution in [-0.2, 0) is 6.42 Å². The van der Waals surface area contributed by atoms with Crippen molar-refractivity contribution in [3.05, 3.63) is 53.1 Å². The Bertz CT molecular complexity index is 738. The summed E-state index contributed by atoms with van der Waals surface area (Å²) in [7, 11) is 0. The average molecular weight is 250 g/mol. The number of imidazole rings is 1. The van der Waals surface area contributed by atoms with E-state index in [4.69, 9.17) is 0 Å². The SMILES string of the molecule is CCc1ccc2nc(-c3ccc(C)c(C)c3)[nH]c2c1. The summed E-state index contributed by atoms with van der Waals surface area (Å²) in [5, 5.41) is 0. The van der Waals surface area contributed by atoms with E-state index in [9.17, 15) is 0 Å². The zero-order chi connectivity index (χ0) is 13.4. The van der Waals surface area contributed by atoms with E-state index in [1.54, 1.807) is 0 Å². The third-order valence-electron chi connectivity index (χ3n) is 3.73. The number of hydrogen-bond donors (Lipinski definition) is 1. The minimum Gasteiger partial charge on any atom is -0.338 e. The maximum absolute atomic E-state index is 4.67. The van der Waals surface area contributed by atoms with Crippen molar-refractivity contribution >= 4 is 11.0 Å². The van der Waals surface area contributed by atoms with Gasteiger partial charge in [0.2, 0.25) is 0 Å². The molecule has 1 aromatic heterocycles. The van der Waals surface area contributed by atoms with Gasteiger partial charge in [0.05, 0.1) is 11.0 Å². The fourth-order valence-corrected chi connectivity index (χ4v) is 2.30. The van der Waals surface area contributed by atoms with Crippen LogP contribution in [0.25, 0.3) is 22.4 Å². The van der Waals surface area contributed by atoms with E-state index in [1.807, 2.05) is 0 Å². The van der Waals surface area contributed by atoms with Gasteiger partial charge in [0.1, 0.15) is 5.82 Å². The van der Waals surface area contributed by atoms with Gasteiger partial charge >= 0.3 is 0 Å². The Kier molecular flexibility index (Phi) is 2.86. The van der Waals surface area contributed by atoms with Crippen molar-refractivity contribution < 1.29 is 0 Å². The van der Waals surface area contributed by atoms with E-state index in [0.717, 1.165) is 28.8 Å². The molecule has 19 heavy (non-hydrogen) atoms. The Morgan fingerprint density at radius 3 is 2.58 bits per heavy atom. The van der Waals surface area contributed by atoms with Crippen molar-refractivity contribution in [2.24, 2.45) is 0 Å². The average Bonchev–Trinajstić information content (AvgIpc) is 2.84. The van der Waals surface area contributed by atoms with Gasteiger partial charge in [-0.1, -0.05) is 25.1 Å². The lowest BCUT2D eigenvalue weighted by Crippen LogP contribution is -1.84. The molecule has 0 aliphatic rings. The Morgan fingerprint density at radius 1 is 1.00 bits per heavy atom. The Labute approximate surface area is 113 Å². The minimum absolute atomic E-state index is 0.950. The third-order valence-corrected chi connectivity index (χ3v) is 3.73. The fraction of sp³-hybridized carbons (Fsp3) is 0.235. The molecule has 0 amide bonds. The molecular weight excluding hydrogens is 232 g/mol. The molecule has 2 heteroatoms. The number of nitrogens with zero attached hydrogens (tertiary/aromatic N) is 1. The molecule has 0 atom stereocenters. The molecule has 0 aliphatic heterocycles. The molecule has 3 aromatic rings. The summed E-state index contributed by atoms with van der Waals surface area (Å²) in [4.78, 5) is 8.10. The van der Waals surface area contributed by atoms with E-state index in [1.165, 1.54) is 16.7 Å². The van der Waals surface area contributed by atoms with Crippen LogP contribution in [-0.4, -0.2) is 9.97 Å². The Morgan fingerprint density at radius 2 is 1.84 bits per heavy atom. The molecule has 2 aromatic carbocycles. The number of aryl methyl sites for hydroxylation is 3. The molecule has 0 radical (unpaired) electrons. The highest BCUT2D eigenvalue weighted by molar-refractivity contribution is 5.80. The first-order valence-corrected chi connectivity index (χ1v) is 6.73. The van der Waals surface area contributed by atoms with Gasteiger partial charge in [-0.05, 0) is 55.2 Å². The van der Waals surface area contributed by atoms with Gasteiger partial charge < -0.3 is 4.98 Å². The molecule has 1 heterocycles. The number of H-pyrrole nitrogens is 1. The summed E-state index contributed by atoms with van der Waals surface area (Å²) in [6.45, 7) is 6.43. The highest BCUT2D eigenvalue weighted by Crippen LogP contribution is 2.23. The standard InChI is InChI=1S/C17H18N2/c1-4-13-6-8-15-16(10-13)19-17(18-15)14-7-5-11(2)12(3)9-14/h5-10H,4H2,1-3H3,(H,18,19). The maximum atomic E-state index is 4.67. The summed E-state index contributed by atoms with van der Waals surface area (Å²) in [5.41, 5.74) is 7.25. The van der Waals surface area contributed by atoms with Crippen molar-refractivity contribution in [1.82, 2.24) is 9.97 Å². The number of benzene rings is 2. The van der Waals surface area contributed by atoms with E-state index in [-0.39, 0.29) is 0 Å². The second-order valence-corrected chi connectivity index (χ2v) is 5.09. The van der Waals surface area contributed by atoms with Crippen LogP contribution in [0.3, 0.4) is 0 Å². The lowest BCUT2D eigenvalue weighted by atomic mass is 10.1. The van der Waals surface area contributed by atoms with E-state index < -0.39 is 0 Å². The first-order valence-electron chi connectivity index (χ1n) is 6.73. The van der Waals surface area contributed by atoms with Crippen LogP contribution in [0.1, 0.15) is 23.6 Å². The number of rotatable bonds is 2. The van der Waals surface area contributed by atoms with Gasteiger partial charge in [-0.3, -0.25) is 0 Å². The van der Waals surface area contributed by atoms with Gasteiger partial charge in [0, 0.05) is 5.56 Å². The van der Waals surface area contributed by atoms with Gasteiger partial charge in [0.15, 0.2) is 0 Å². The van der Waals surface area contributed by atoms with Crippen molar-refractivity contribution in [2.45, 2.75) is 27.2 Å². The molecule has 1 N–H and O–H groups in total. The van der Waals surface area contributed by atoms with Crippen molar-refractivity contribution in [2.75, 3.05) is 0 Å². The molecule has 0 saturated heterocycles. The Hall–Kier alpha value is -2.09. The van der Waals surface area contributed by atoms with Crippen molar-refractivity contribution in [3.63, 3.8) is 0 Å². The molecule has 2 nitrogen and oxygen atoms in total. The van der Waals surface area contributed by atoms with Gasteiger partial charge in [-0.25, -0.2) is 4.98 Å². The number of aromatic nitrogens is 2. The smallest absolute Gasteiger partial charge is 0.138 e. The highest BCUT2D eigenvalue weighted by atomic mass is 14.9. The lowest BCUT2D eigenvalue weighted by Gasteiger charge is -2.02. The van der Waals surface area contributed by atoms with Gasteiger partial charge in [0.25, 0.3) is 0 Å². The van der Waals surface area contributed by atoms with Crippen LogP contribution in [0.15, 0.2) is 36.4 Å². The molecule has 0 aliphatic carbocycles. The number of fused-ring (bicyclic) bond motifs is 1. The third kappa shape index (κ3) is 2.14. The number of aromatic amines is 1. The van der Waals surface area contributed by atoms with Gasteiger partial charge in [-0.15, -0.1) is 0 Å². The Balaban J connectivity index is 2.11. The first-order chi connectivity index (χ1) is 9.17. The second-order valence-electron chi connectivity index (χ2n) is 5.09. The van der Waals surface area contributed by atoms with Crippen LogP contribution in [0, 0.1) is 13.8 Å². The zero-order valence-corrected chi connectivity index (χ0v) is 11.6. The van der Waals surface area contributed by atoms with Crippen molar-refractivity contribution in [1.29, 1.82) is 0 Å². The minimum atomic E-state index is 0.950. The lowest BCUT2D eigenvalue weighted by molar-refractivity contribution is 1.14. The second kappa shape index (κ2) is 4.54. The quantitative estimate of drug-likeness (QED) is 0.717. The molecule has 0 unspecified atom stereocenters. The van der Waals surface area contributed by atoms with Gasteiger partial charge in [-0.2, -0.15) is 0 Å². The normalized spacial score (nSPS) is 11.1. The van der Waals surface area contributed by atoms with E-state index >= 15 is 0 Å². The van der Waals surface area contributed by atoms with Crippen LogP contribution in [0.4, 0.5) is 0 Å². The summed E-state index contributed by atoms with van der Waals surface area (Å²) < 4.78 is 0. The molecule has 0 fully saturated rings. The topological polar surface area (TPSA) is 28.7 Å². The highest BCUT2D eigenvalue weighted by Gasteiger charge is 2.06. The summed E-state index contributed by atoms with van der Waals surface area (Å²) in [6, 6.07) is 12.9. The predicted molar refractivity (Wildman–Crippen MR) is 80.4 cm³/mol. The van der Waals surface area contributed by atoms with E-state index in [0.29, 0.717) is 0 Å². The molecule has 3 rings (SSSR count). The zero-order valence-electron chi connectivity index (χ0n) is 11.6. The predicted octanol–water partition coefficient (Wildman–Crippen LogP) is 4.41. The summed E-state index contributed by atoms with van der Waals surface area (Å²) in [6.07, 6.45) is 1.05. The molecule has 0 spiro atoms. The largest absolute Gasteiger partial charge is 0.338 e. The first kappa shape index (κ1) is 12.0. The van der Waals surface area contributed by atoms with Crippen LogP contribution >= 0.6 is 0 Å². The summed E-state index contributed by atoms with van der Waals surface area (Å²) in [5.74, 6) is 0.950. The molecule has 96 valence electrons. The number of hydrogen-bond acceptors (Lipinski definition) is 1. The molecule has 0 bridgehead atoms. The number of nitrogens with one attached hydrogen (secondary N) is 1. The monoisotopic (exact) mass is 250 g/mol. The summed E-state index contributed by atoms with van der Waals surface area (Å²) >= 11 is 0. The maximum Gasteiger partial charge on any atom is 0.138 e. The van der Waals surface area contributed by atoms with Crippen LogP contribution in [0.2, 0.25) is 0 Å². The molecular formula is C17H18N2. The van der Waals surface area contributed by atoms with Crippen molar-refractivity contribution in [3.8, 4) is 11.4 Å². The fourth-order valence-electron chi connectivity index (χ4n) is 2.30.